The summed E-state index contributed by atoms with van der Waals surface area (Å²) < 4.78 is 16.6. The molecule has 4 rings (SSSR count). The molecular formula is C22H26FIN2O. The largest absolute Gasteiger partial charge is 0.299 e. The van der Waals surface area contributed by atoms with Crippen molar-refractivity contribution in [3.63, 3.8) is 0 Å². The van der Waals surface area contributed by atoms with Gasteiger partial charge in [0.1, 0.15) is 5.82 Å². The smallest absolute Gasteiger partial charge is 0.231 e. The van der Waals surface area contributed by atoms with E-state index in [2.05, 4.69) is 35.4 Å². The molecule has 2 fully saturated rings. The molecule has 1 heterocycles. The third-order valence-electron chi connectivity index (χ3n) is 7.67. The summed E-state index contributed by atoms with van der Waals surface area (Å²) in [5.74, 6) is 0.839. The molecule has 2 saturated carbocycles. The second-order valence-corrected chi connectivity index (χ2v) is 9.74. The van der Waals surface area contributed by atoms with Gasteiger partial charge in [0.2, 0.25) is 5.91 Å². The van der Waals surface area contributed by atoms with E-state index in [-0.39, 0.29) is 28.5 Å². The number of hydrogen-bond acceptors (Lipinski definition) is 2. The first-order valence-corrected chi connectivity index (χ1v) is 10.8. The number of carbonyl (C=O) groups is 1. The lowest BCUT2D eigenvalue weighted by atomic mass is 9.71. The van der Waals surface area contributed by atoms with Crippen LogP contribution < -0.4 is 3.53 Å². The third-order valence-corrected chi connectivity index (χ3v) is 8.20. The van der Waals surface area contributed by atoms with Gasteiger partial charge in [-0.15, -0.1) is 0 Å². The SMILES string of the molecule is CC(C(=O)NI)C1C[C@]2(C)CC(c3ccnc4ccc(F)cc34)C[C@]2(C)C1. The maximum atomic E-state index is 13.9. The number of fused-ring (bicyclic) bond motifs is 2. The van der Waals surface area contributed by atoms with Gasteiger partial charge in [-0.2, -0.15) is 0 Å². The van der Waals surface area contributed by atoms with Gasteiger partial charge in [-0.05, 0) is 78.2 Å². The summed E-state index contributed by atoms with van der Waals surface area (Å²) in [6.45, 7) is 6.85. The van der Waals surface area contributed by atoms with Crippen LogP contribution in [0, 0.1) is 28.5 Å². The summed E-state index contributed by atoms with van der Waals surface area (Å²) in [4.78, 5) is 16.5. The van der Waals surface area contributed by atoms with E-state index >= 15 is 0 Å². The van der Waals surface area contributed by atoms with Gasteiger partial charge in [0.15, 0.2) is 0 Å². The number of hydrogen-bond donors (Lipinski definition) is 1. The van der Waals surface area contributed by atoms with Crippen molar-refractivity contribution < 1.29 is 9.18 Å². The zero-order chi connectivity index (χ0) is 19.4. The van der Waals surface area contributed by atoms with Crippen molar-refractivity contribution in [2.75, 3.05) is 0 Å². The molecule has 0 aliphatic heterocycles. The van der Waals surface area contributed by atoms with Crippen LogP contribution in [0.4, 0.5) is 4.39 Å². The molecule has 3 unspecified atom stereocenters. The predicted molar refractivity (Wildman–Crippen MR) is 114 cm³/mol. The van der Waals surface area contributed by atoms with Gasteiger partial charge in [0, 0.05) is 17.5 Å². The molecule has 5 heteroatoms. The number of nitrogens with zero attached hydrogens (tertiary/aromatic N) is 1. The first-order valence-electron chi connectivity index (χ1n) is 9.71. The maximum absolute atomic E-state index is 13.9. The number of rotatable bonds is 3. The number of benzene rings is 1. The lowest BCUT2D eigenvalue weighted by Crippen LogP contribution is -2.27. The Bertz CT molecular complexity index is 883. The third kappa shape index (κ3) is 3.06. The molecule has 1 aromatic heterocycles. The Kier molecular flexibility index (Phi) is 4.72. The van der Waals surface area contributed by atoms with Crippen molar-refractivity contribution in [3.8, 4) is 0 Å². The molecule has 0 spiro atoms. The highest BCUT2D eigenvalue weighted by atomic mass is 127. The number of carbonyl (C=O) groups excluding carboxylic acids is 1. The van der Waals surface area contributed by atoms with E-state index in [1.165, 1.54) is 11.6 Å². The van der Waals surface area contributed by atoms with E-state index < -0.39 is 0 Å². The van der Waals surface area contributed by atoms with Crippen LogP contribution in [0.25, 0.3) is 10.9 Å². The number of nitrogens with one attached hydrogen (secondary N) is 1. The summed E-state index contributed by atoms with van der Waals surface area (Å²) in [6, 6.07) is 6.96. The zero-order valence-electron chi connectivity index (χ0n) is 16.1. The van der Waals surface area contributed by atoms with Crippen molar-refractivity contribution in [3.05, 3.63) is 41.8 Å². The Morgan fingerprint density at radius 2 is 1.89 bits per heavy atom. The molecule has 144 valence electrons. The minimum absolute atomic E-state index is 0.0513. The van der Waals surface area contributed by atoms with Crippen LogP contribution in [-0.2, 0) is 4.79 Å². The topological polar surface area (TPSA) is 42.0 Å². The van der Waals surface area contributed by atoms with Crippen LogP contribution in [-0.4, -0.2) is 10.9 Å². The van der Waals surface area contributed by atoms with E-state index in [0.717, 1.165) is 36.6 Å². The quantitative estimate of drug-likeness (QED) is 0.447. The van der Waals surface area contributed by atoms with Crippen molar-refractivity contribution >= 4 is 39.7 Å². The molecule has 0 saturated heterocycles. The molecule has 3 nitrogen and oxygen atoms in total. The number of pyridine rings is 1. The molecule has 1 N–H and O–H groups in total. The number of halogens is 2. The monoisotopic (exact) mass is 480 g/mol. The summed E-state index contributed by atoms with van der Waals surface area (Å²) in [5.41, 5.74) is 2.52. The van der Waals surface area contributed by atoms with Crippen molar-refractivity contribution in [1.82, 2.24) is 8.51 Å². The van der Waals surface area contributed by atoms with E-state index in [1.54, 1.807) is 12.1 Å². The first-order chi connectivity index (χ1) is 12.8. The molecule has 27 heavy (non-hydrogen) atoms. The lowest BCUT2D eigenvalue weighted by molar-refractivity contribution is -0.123. The normalized spacial score (nSPS) is 33.8. The van der Waals surface area contributed by atoms with E-state index in [4.69, 9.17) is 0 Å². The van der Waals surface area contributed by atoms with Crippen LogP contribution >= 0.6 is 22.9 Å². The van der Waals surface area contributed by atoms with Crippen molar-refractivity contribution in [2.24, 2.45) is 22.7 Å². The Morgan fingerprint density at radius 3 is 2.52 bits per heavy atom. The number of amides is 1. The summed E-state index contributed by atoms with van der Waals surface area (Å²) in [7, 11) is 0. The minimum atomic E-state index is -0.203. The van der Waals surface area contributed by atoms with Crippen molar-refractivity contribution in [2.45, 2.75) is 52.4 Å². The summed E-state index contributed by atoms with van der Waals surface area (Å²) in [6.07, 6.45) is 6.21. The van der Waals surface area contributed by atoms with Gasteiger partial charge in [0.05, 0.1) is 28.4 Å². The number of aromatic nitrogens is 1. The first kappa shape index (κ1) is 19.1. The van der Waals surface area contributed by atoms with E-state index in [9.17, 15) is 9.18 Å². The van der Waals surface area contributed by atoms with Gasteiger partial charge in [0.25, 0.3) is 0 Å². The summed E-state index contributed by atoms with van der Waals surface area (Å²) >= 11 is 1.94. The Morgan fingerprint density at radius 1 is 1.22 bits per heavy atom. The van der Waals surface area contributed by atoms with Gasteiger partial charge >= 0.3 is 0 Å². The Balaban J connectivity index is 1.63. The van der Waals surface area contributed by atoms with Crippen LogP contribution in [0.5, 0.6) is 0 Å². The molecule has 0 bridgehead atoms. The molecule has 2 aromatic rings. The van der Waals surface area contributed by atoms with Crippen molar-refractivity contribution in [1.29, 1.82) is 0 Å². The highest BCUT2D eigenvalue weighted by Gasteiger charge is 2.59. The average Bonchev–Trinajstić information content (AvgIpc) is 3.04. The van der Waals surface area contributed by atoms with Crippen LogP contribution in [0.1, 0.15) is 57.9 Å². The van der Waals surface area contributed by atoms with Crippen LogP contribution in [0.15, 0.2) is 30.5 Å². The lowest BCUT2D eigenvalue weighted by Gasteiger charge is -2.34. The average molecular weight is 480 g/mol. The van der Waals surface area contributed by atoms with Gasteiger partial charge in [-0.1, -0.05) is 20.8 Å². The fourth-order valence-electron chi connectivity index (χ4n) is 5.91. The fourth-order valence-corrected chi connectivity index (χ4v) is 6.40. The molecular weight excluding hydrogens is 454 g/mol. The second-order valence-electron chi connectivity index (χ2n) is 9.20. The second kappa shape index (κ2) is 6.68. The minimum Gasteiger partial charge on any atom is -0.299 e. The fraction of sp³-hybridized carbons (Fsp3) is 0.545. The molecule has 1 amide bonds. The Hall–Kier alpha value is -1.24. The van der Waals surface area contributed by atoms with Crippen LogP contribution in [0.2, 0.25) is 0 Å². The molecule has 2 aliphatic rings. The van der Waals surface area contributed by atoms with Crippen LogP contribution in [0.3, 0.4) is 0 Å². The standard InChI is InChI=1S/C22H26FIN2O/c1-13(20(27)26-24)14-9-21(2)11-15(12-22(21,3)10-14)17-6-7-25-19-5-4-16(23)8-18(17)19/h4-8,13-15H,9-12H2,1-3H3,(H,26,27)/t13?,14?,15?,21-,22+. The highest BCUT2D eigenvalue weighted by Crippen LogP contribution is 2.68. The maximum Gasteiger partial charge on any atom is 0.231 e. The summed E-state index contributed by atoms with van der Waals surface area (Å²) in [5, 5.41) is 0.948. The zero-order valence-corrected chi connectivity index (χ0v) is 18.2. The Labute approximate surface area is 174 Å². The molecule has 1 aromatic carbocycles. The molecule has 2 aliphatic carbocycles. The van der Waals surface area contributed by atoms with Gasteiger partial charge in [-0.25, -0.2) is 4.39 Å². The predicted octanol–water partition coefficient (Wildman–Crippen LogP) is 5.78. The molecule has 5 atom stereocenters. The van der Waals surface area contributed by atoms with E-state index in [0.29, 0.717) is 11.8 Å². The van der Waals surface area contributed by atoms with Gasteiger partial charge < -0.3 is 0 Å². The molecule has 0 radical (unpaired) electrons. The highest BCUT2D eigenvalue weighted by molar-refractivity contribution is 14.1. The van der Waals surface area contributed by atoms with E-state index in [1.807, 2.05) is 29.1 Å². The van der Waals surface area contributed by atoms with Gasteiger partial charge in [-0.3, -0.25) is 13.3 Å².